The van der Waals surface area contributed by atoms with E-state index in [0.717, 1.165) is 17.6 Å². The zero-order chi connectivity index (χ0) is 14.5. The average molecular weight is 300 g/mol. The van der Waals surface area contributed by atoms with Crippen molar-refractivity contribution in [2.75, 3.05) is 18.6 Å². The molecule has 5 nitrogen and oxygen atoms in total. The number of amides is 2. The second kappa shape index (κ2) is 7.20. The molecule has 0 radical (unpaired) electrons. The van der Waals surface area contributed by atoms with E-state index >= 15 is 0 Å². The molecule has 0 spiro atoms. The van der Waals surface area contributed by atoms with E-state index in [-0.39, 0.29) is 6.03 Å². The Kier molecular flexibility index (Phi) is 5.57. The van der Waals surface area contributed by atoms with Gasteiger partial charge in [0.25, 0.3) is 0 Å². The standard InChI is InChI=1S/C14H24N2O3S/c1-20-5-4-12(13(17)18)16-14(19)15-8-11-7-9-2-3-10(11)6-9/h9-12H,2-8H2,1H3,(H,17,18)(H2,15,16,19)/t9?,10?,11?,12-/m1/s1. The van der Waals surface area contributed by atoms with Gasteiger partial charge in [0, 0.05) is 6.54 Å². The number of thioether (sulfide) groups is 1. The number of urea groups is 1. The maximum absolute atomic E-state index is 11.8. The summed E-state index contributed by atoms with van der Waals surface area (Å²) in [6.45, 7) is 0.682. The Balaban J connectivity index is 1.69. The number of carbonyl (C=O) groups excluding carboxylic acids is 1. The Morgan fingerprint density at radius 1 is 1.35 bits per heavy atom. The van der Waals surface area contributed by atoms with Gasteiger partial charge in [-0.1, -0.05) is 6.42 Å². The molecule has 2 aliphatic carbocycles. The van der Waals surface area contributed by atoms with Crippen molar-refractivity contribution in [1.82, 2.24) is 10.6 Å². The van der Waals surface area contributed by atoms with Crippen molar-refractivity contribution >= 4 is 23.8 Å². The molecule has 2 saturated carbocycles. The summed E-state index contributed by atoms with van der Waals surface area (Å²) in [7, 11) is 0. The number of rotatable bonds is 7. The highest BCUT2D eigenvalue weighted by Crippen LogP contribution is 2.47. The number of aliphatic carboxylic acids is 1. The van der Waals surface area contributed by atoms with E-state index in [1.807, 2.05) is 6.26 Å². The molecule has 3 N–H and O–H groups in total. The fourth-order valence-corrected chi connectivity index (χ4v) is 4.02. The van der Waals surface area contributed by atoms with Crippen LogP contribution in [0.4, 0.5) is 4.79 Å². The molecule has 6 heteroatoms. The van der Waals surface area contributed by atoms with Crippen LogP contribution >= 0.6 is 11.8 Å². The Hall–Kier alpha value is -0.910. The van der Waals surface area contributed by atoms with Crippen LogP contribution in [-0.4, -0.2) is 41.7 Å². The lowest BCUT2D eigenvalue weighted by Crippen LogP contribution is -2.47. The molecule has 3 unspecified atom stereocenters. The molecule has 0 saturated heterocycles. The first kappa shape index (κ1) is 15.5. The molecule has 2 aliphatic rings. The third kappa shape index (κ3) is 4.04. The predicted molar refractivity (Wildman–Crippen MR) is 79.9 cm³/mol. The summed E-state index contributed by atoms with van der Waals surface area (Å²) >= 11 is 1.58. The van der Waals surface area contributed by atoms with Crippen LogP contribution in [0.25, 0.3) is 0 Å². The molecule has 0 heterocycles. The first-order valence-electron chi connectivity index (χ1n) is 7.36. The van der Waals surface area contributed by atoms with E-state index in [0.29, 0.717) is 18.9 Å². The molecule has 0 aliphatic heterocycles. The topological polar surface area (TPSA) is 78.4 Å². The third-order valence-corrected chi connectivity index (χ3v) is 5.27. The largest absolute Gasteiger partial charge is 0.480 e. The third-order valence-electron chi connectivity index (χ3n) is 4.62. The van der Waals surface area contributed by atoms with Gasteiger partial charge in [0.2, 0.25) is 0 Å². The van der Waals surface area contributed by atoms with Crippen molar-refractivity contribution in [2.24, 2.45) is 17.8 Å². The number of fused-ring (bicyclic) bond motifs is 2. The number of carboxylic acid groups (broad SMARTS) is 1. The van der Waals surface area contributed by atoms with Gasteiger partial charge in [-0.25, -0.2) is 9.59 Å². The van der Waals surface area contributed by atoms with Gasteiger partial charge in [-0.3, -0.25) is 0 Å². The first-order chi connectivity index (χ1) is 9.60. The zero-order valence-corrected chi connectivity index (χ0v) is 12.7. The van der Waals surface area contributed by atoms with Crippen LogP contribution in [0.1, 0.15) is 32.1 Å². The van der Waals surface area contributed by atoms with E-state index in [2.05, 4.69) is 10.6 Å². The summed E-state index contributed by atoms with van der Waals surface area (Å²) in [5, 5.41) is 14.5. The van der Waals surface area contributed by atoms with Gasteiger partial charge in [-0.05, 0) is 55.4 Å². The lowest BCUT2D eigenvalue weighted by Gasteiger charge is -2.22. The summed E-state index contributed by atoms with van der Waals surface area (Å²) < 4.78 is 0. The monoisotopic (exact) mass is 300 g/mol. The number of carboxylic acids is 1. The maximum atomic E-state index is 11.8. The molecule has 4 atom stereocenters. The van der Waals surface area contributed by atoms with Gasteiger partial charge in [0.1, 0.15) is 6.04 Å². The summed E-state index contributed by atoms with van der Waals surface area (Å²) in [5.41, 5.74) is 0. The lowest BCUT2D eigenvalue weighted by atomic mass is 9.89. The summed E-state index contributed by atoms with van der Waals surface area (Å²) in [6.07, 6.45) is 7.57. The van der Waals surface area contributed by atoms with Crippen molar-refractivity contribution < 1.29 is 14.7 Å². The van der Waals surface area contributed by atoms with Gasteiger partial charge >= 0.3 is 12.0 Å². The Morgan fingerprint density at radius 2 is 2.15 bits per heavy atom. The van der Waals surface area contributed by atoms with Gasteiger partial charge in [0.15, 0.2) is 0 Å². The van der Waals surface area contributed by atoms with Gasteiger partial charge in [-0.15, -0.1) is 0 Å². The first-order valence-corrected chi connectivity index (χ1v) is 8.75. The molecule has 20 heavy (non-hydrogen) atoms. The second-order valence-electron chi connectivity index (χ2n) is 5.96. The molecule has 0 aromatic rings. The fraction of sp³-hybridized carbons (Fsp3) is 0.857. The molecule has 2 fully saturated rings. The molecule has 2 amide bonds. The van der Waals surface area contributed by atoms with E-state index in [1.54, 1.807) is 11.8 Å². The van der Waals surface area contributed by atoms with Gasteiger partial charge in [-0.2, -0.15) is 11.8 Å². The van der Waals surface area contributed by atoms with Crippen LogP contribution in [0, 0.1) is 17.8 Å². The Labute approximate surface area is 124 Å². The lowest BCUT2D eigenvalue weighted by molar-refractivity contribution is -0.139. The Bertz CT molecular complexity index is 364. The van der Waals surface area contributed by atoms with Crippen molar-refractivity contribution in [1.29, 1.82) is 0 Å². The summed E-state index contributed by atoms with van der Waals surface area (Å²) in [6, 6.07) is -1.14. The minimum Gasteiger partial charge on any atom is -0.480 e. The van der Waals surface area contributed by atoms with Crippen molar-refractivity contribution in [3.63, 3.8) is 0 Å². The summed E-state index contributed by atoms with van der Waals surface area (Å²) in [4.78, 5) is 22.8. The predicted octanol–water partition coefficient (Wildman–Crippen LogP) is 1.93. The second-order valence-corrected chi connectivity index (χ2v) is 6.95. The number of carbonyl (C=O) groups is 2. The van der Waals surface area contributed by atoms with Crippen LogP contribution in [0.15, 0.2) is 0 Å². The fourth-order valence-electron chi connectivity index (χ4n) is 3.55. The van der Waals surface area contributed by atoms with Crippen LogP contribution in [0.3, 0.4) is 0 Å². The van der Waals surface area contributed by atoms with Gasteiger partial charge in [0.05, 0.1) is 0 Å². The van der Waals surface area contributed by atoms with Crippen molar-refractivity contribution in [3.05, 3.63) is 0 Å². The molecular formula is C14H24N2O3S. The van der Waals surface area contributed by atoms with Crippen molar-refractivity contribution in [3.8, 4) is 0 Å². The highest BCUT2D eigenvalue weighted by Gasteiger charge is 2.39. The number of nitrogens with one attached hydrogen (secondary N) is 2. The quantitative estimate of drug-likeness (QED) is 0.671. The number of hydrogen-bond donors (Lipinski definition) is 3. The van der Waals surface area contributed by atoms with E-state index in [9.17, 15) is 9.59 Å². The SMILES string of the molecule is CSCC[C@@H](NC(=O)NCC1CC2CCC1C2)C(=O)O. The van der Waals surface area contributed by atoms with E-state index < -0.39 is 12.0 Å². The summed E-state index contributed by atoms with van der Waals surface area (Å²) in [5.74, 6) is 1.99. The highest BCUT2D eigenvalue weighted by atomic mass is 32.2. The molecule has 2 rings (SSSR count). The van der Waals surface area contributed by atoms with E-state index in [1.165, 1.54) is 25.7 Å². The smallest absolute Gasteiger partial charge is 0.326 e. The normalized spacial score (nSPS) is 29.1. The highest BCUT2D eigenvalue weighted by molar-refractivity contribution is 7.98. The van der Waals surface area contributed by atoms with Crippen LogP contribution < -0.4 is 10.6 Å². The van der Waals surface area contributed by atoms with Gasteiger partial charge < -0.3 is 15.7 Å². The number of hydrogen-bond acceptors (Lipinski definition) is 3. The van der Waals surface area contributed by atoms with Crippen molar-refractivity contribution in [2.45, 2.75) is 38.1 Å². The molecule has 2 bridgehead atoms. The molecule has 0 aromatic heterocycles. The molecule has 0 aromatic carbocycles. The van der Waals surface area contributed by atoms with Crippen LogP contribution in [-0.2, 0) is 4.79 Å². The minimum absolute atomic E-state index is 0.346. The molecule has 114 valence electrons. The van der Waals surface area contributed by atoms with Crippen LogP contribution in [0.2, 0.25) is 0 Å². The Morgan fingerprint density at radius 3 is 2.70 bits per heavy atom. The average Bonchev–Trinajstić information content (AvgIpc) is 3.03. The minimum atomic E-state index is -0.964. The zero-order valence-electron chi connectivity index (χ0n) is 11.9. The van der Waals surface area contributed by atoms with Crippen LogP contribution in [0.5, 0.6) is 0 Å². The van der Waals surface area contributed by atoms with E-state index in [4.69, 9.17) is 5.11 Å². The molecular weight excluding hydrogens is 276 g/mol. The maximum Gasteiger partial charge on any atom is 0.326 e.